The van der Waals surface area contributed by atoms with Crippen molar-refractivity contribution in [3.05, 3.63) is 47.5 Å². The highest BCUT2D eigenvalue weighted by Gasteiger charge is 2.01. The lowest BCUT2D eigenvalue weighted by molar-refractivity contribution is 0.302. The number of hydrogen-bond donors (Lipinski definition) is 3. The second kappa shape index (κ2) is 9.71. The molecule has 2 aromatic carbocycles. The molecule has 0 heterocycles. The molecule has 0 unspecified atom stereocenters. The zero-order valence-electron chi connectivity index (χ0n) is 13.1. The number of rotatable bonds is 5. The van der Waals surface area contributed by atoms with Crippen LogP contribution in [0.4, 0.5) is 17.1 Å². The highest BCUT2D eigenvalue weighted by atomic mass is 35.5. The minimum Gasteiger partial charge on any atom is -0.508 e. The summed E-state index contributed by atoms with van der Waals surface area (Å²) in [6.07, 6.45) is 0. The molecular weight excluding hydrogens is 314 g/mol. The van der Waals surface area contributed by atoms with Gasteiger partial charge in [0, 0.05) is 30.5 Å². The fraction of sp³-hybridized carbons (Fsp3) is 0.235. The van der Waals surface area contributed by atoms with E-state index in [0.29, 0.717) is 17.3 Å². The molecule has 0 aliphatic rings. The average molecular weight is 336 g/mol. The zero-order valence-corrected chi connectivity index (χ0v) is 13.9. The monoisotopic (exact) mass is 335 g/mol. The third-order valence-electron chi connectivity index (χ3n) is 3.11. The van der Waals surface area contributed by atoms with Crippen LogP contribution in [0.3, 0.4) is 0 Å². The Balaban J connectivity index is 0.000000238. The molecule has 124 valence electrons. The van der Waals surface area contributed by atoms with Crippen molar-refractivity contribution in [3.8, 4) is 5.75 Å². The smallest absolute Gasteiger partial charge is 0.117 e. The largest absolute Gasteiger partial charge is 0.508 e. The van der Waals surface area contributed by atoms with Crippen LogP contribution in [-0.2, 0) is 0 Å². The Morgan fingerprint density at radius 3 is 2.35 bits per heavy atom. The molecule has 5 nitrogen and oxygen atoms in total. The van der Waals surface area contributed by atoms with E-state index in [4.69, 9.17) is 27.5 Å². The van der Waals surface area contributed by atoms with Crippen LogP contribution >= 0.6 is 11.6 Å². The number of aliphatic hydroxyl groups is 1. The highest BCUT2D eigenvalue weighted by Crippen LogP contribution is 2.27. The lowest BCUT2D eigenvalue weighted by atomic mass is 10.2. The van der Waals surface area contributed by atoms with Gasteiger partial charge < -0.3 is 20.8 Å². The van der Waals surface area contributed by atoms with Gasteiger partial charge in [-0.2, -0.15) is 0 Å². The molecule has 0 fully saturated rings. The molecule has 0 aromatic heterocycles. The second-order valence-corrected chi connectivity index (χ2v) is 5.10. The van der Waals surface area contributed by atoms with Gasteiger partial charge in [0.15, 0.2) is 0 Å². The van der Waals surface area contributed by atoms with Crippen LogP contribution in [0.1, 0.15) is 6.92 Å². The molecule has 0 aliphatic carbocycles. The molecule has 0 saturated carbocycles. The summed E-state index contributed by atoms with van der Waals surface area (Å²) in [5.41, 5.74) is 8.03. The number of nitrogen functional groups attached to an aromatic ring is 1. The number of aliphatic hydroxyl groups excluding tert-OH is 1. The van der Waals surface area contributed by atoms with Crippen molar-refractivity contribution in [1.82, 2.24) is 0 Å². The molecule has 0 bridgehead atoms. The zero-order chi connectivity index (χ0) is 17.2. The molecule has 0 saturated heterocycles. The van der Waals surface area contributed by atoms with Crippen LogP contribution in [0.2, 0.25) is 5.02 Å². The first kappa shape index (κ1) is 18.8. The summed E-state index contributed by atoms with van der Waals surface area (Å²) >= 11 is 5.64. The van der Waals surface area contributed by atoms with Crippen LogP contribution in [0, 0.1) is 0 Å². The van der Waals surface area contributed by atoms with Gasteiger partial charge in [0.05, 0.1) is 17.3 Å². The molecule has 23 heavy (non-hydrogen) atoms. The van der Waals surface area contributed by atoms with Crippen molar-refractivity contribution in [2.45, 2.75) is 6.92 Å². The molecule has 0 aliphatic heterocycles. The standard InChI is InChI=1S/C10H16N2O.C7H6ClNO/c1-2-12(7-8-13)10-5-3-9(11)4-6-10;1-9-7-3-2-5(10)4-6(7)8/h3-6,13H,2,7-8,11H2,1H3;2-4,10H,1H2. The minimum absolute atomic E-state index is 0.136. The van der Waals surface area contributed by atoms with Crippen LogP contribution in [0.15, 0.2) is 47.5 Å². The van der Waals surface area contributed by atoms with Gasteiger partial charge in [-0.1, -0.05) is 11.6 Å². The summed E-state index contributed by atoms with van der Waals surface area (Å²) in [5.74, 6) is 0.136. The van der Waals surface area contributed by atoms with Gasteiger partial charge in [0.25, 0.3) is 0 Å². The summed E-state index contributed by atoms with van der Waals surface area (Å²) in [5, 5.41) is 18.1. The number of likely N-dealkylation sites (N-methyl/N-ethyl adjacent to an activating group) is 1. The fourth-order valence-electron chi connectivity index (χ4n) is 1.90. The number of aromatic hydroxyl groups is 1. The summed E-state index contributed by atoms with van der Waals surface area (Å²) in [4.78, 5) is 5.71. The Kier molecular flexibility index (Phi) is 7.94. The van der Waals surface area contributed by atoms with E-state index in [1.54, 1.807) is 6.07 Å². The van der Waals surface area contributed by atoms with E-state index in [1.807, 2.05) is 24.3 Å². The molecule has 6 heteroatoms. The number of anilines is 2. The van der Waals surface area contributed by atoms with E-state index in [2.05, 4.69) is 23.5 Å². The van der Waals surface area contributed by atoms with Crippen molar-refractivity contribution in [2.24, 2.45) is 4.99 Å². The number of nitrogens with zero attached hydrogens (tertiary/aromatic N) is 2. The maximum absolute atomic E-state index is 8.89. The average Bonchev–Trinajstić information content (AvgIpc) is 2.54. The SMILES string of the molecule is C=Nc1ccc(O)cc1Cl.CCN(CCO)c1ccc(N)cc1. The topological polar surface area (TPSA) is 82.1 Å². The first-order valence-corrected chi connectivity index (χ1v) is 7.56. The minimum atomic E-state index is 0.136. The normalized spacial score (nSPS) is 9.70. The lowest BCUT2D eigenvalue weighted by Crippen LogP contribution is -2.25. The highest BCUT2D eigenvalue weighted by molar-refractivity contribution is 6.33. The molecular formula is C17H22ClN3O2. The molecule has 2 aromatic rings. The molecule has 4 N–H and O–H groups in total. The maximum Gasteiger partial charge on any atom is 0.117 e. The van der Waals surface area contributed by atoms with E-state index in [0.717, 1.165) is 17.9 Å². The van der Waals surface area contributed by atoms with Gasteiger partial charge in [-0.3, -0.25) is 4.99 Å². The van der Waals surface area contributed by atoms with Gasteiger partial charge in [0.2, 0.25) is 0 Å². The van der Waals surface area contributed by atoms with E-state index in [-0.39, 0.29) is 12.4 Å². The first-order valence-electron chi connectivity index (χ1n) is 7.18. The molecule has 0 radical (unpaired) electrons. The Labute approximate surface area is 141 Å². The van der Waals surface area contributed by atoms with Crippen molar-refractivity contribution in [2.75, 3.05) is 30.3 Å². The van der Waals surface area contributed by atoms with Gasteiger partial charge in [-0.25, -0.2) is 0 Å². The van der Waals surface area contributed by atoms with Gasteiger partial charge in [-0.15, -0.1) is 0 Å². The van der Waals surface area contributed by atoms with Gasteiger partial charge in [0.1, 0.15) is 5.75 Å². The van der Waals surface area contributed by atoms with Crippen LogP contribution in [-0.4, -0.2) is 36.6 Å². The fourth-order valence-corrected chi connectivity index (χ4v) is 2.13. The summed E-state index contributed by atoms with van der Waals surface area (Å²) in [6.45, 7) is 7.11. The number of aliphatic imine (C=N–C) groups is 1. The van der Waals surface area contributed by atoms with Crippen molar-refractivity contribution < 1.29 is 10.2 Å². The number of phenolic OH excluding ortho intramolecular Hbond substituents is 1. The third kappa shape index (κ3) is 6.18. The summed E-state index contributed by atoms with van der Waals surface area (Å²) in [7, 11) is 0. The van der Waals surface area contributed by atoms with Crippen molar-refractivity contribution in [1.29, 1.82) is 0 Å². The van der Waals surface area contributed by atoms with Crippen LogP contribution < -0.4 is 10.6 Å². The predicted octanol–water partition coefficient (Wildman–Crippen LogP) is 3.47. The van der Waals surface area contributed by atoms with Crippen molar-refractivity contribution >= 4 is 35.4 Å². The van der Waals surface area contributed by atoms with Gasteiger partial charge in [-0.05, 0) is 50.0 Å². The Morgan fingerprint density at radius 2 is 1.87 bits per heavy atom. The van der Waals surface area contributed by atoms with Crippen LogP contribution in [0.25, 0.3) is 0 Å². The Morgan fingerprint density at radius 1 is 1.22 bits per heavy atom. The van der Waals surface area contributed by atoms with Crippen LogP contribution in [0.5, 0.6) is 5.75 Å². The van der Waals surface area contributed by atoms with E-state index in [1.165, 1.54) is 12.1 Å². The number of halogens is 1. The maximum atomic E-state index is 8.89. The van der Waals surface area contributed by atoms with E-state index < -0.39 is 0 Å². The summed E-state index contributed by atoms with van der Waals surface area (Å²) in [6, 6.07) is 12.2. The number of hydrogen-bond acceptors (Lipinski definition) is 5. The van der Waals surface area contributed by atoms with Crippen molar-refractivity contribution in [3.63, 3.8) is 0 Å². The number of nitrogens with two attached hydrogens (primary N) is 1. The second-order valence-electron chi connectivity index (χ2n) is 4.69. The molecule has 0 amide bonds. The van der Waals surface area contributed by atoms with E-state index in [9.17, 15) is 0 Å². The lowest BCUT2D eigenvalue weighted by Gasteiger charge is -2.21. The first-order chi connectivity index (χ1) is 11.0. The molecule has 0 atom stereocenters. The molecule has 2 rings (SSSR count). The van der Waals surface area contributed by atoms with Gasteiger partial charge >= 0.3 is 0 Å². The number of benzene rings is 2. The van der Waals surface area contributed by atoms with E-state index >= 15 is 0 Å². The number of phenols is 1. The quantitative estimate of drug-likeness (QED) is 0.577. The third-order valence-corrected chi connectivity index (χ3v) is 3.41. The summed E-state index contributed by atoms with van der Waals surface area (Å²) < 4.78 is 0. The Bertz CT molecular complexity index is 618. The Hall–Kier alpha value is -2.24. The molecule has 0 spiro atoms. The predicted molar refractivity (Wildman–Crippen MR) is 98.2 cm³/mol.